The van der Waals surface area contributed by atoms with E-state index >= 15 is 0 Å². The van der Waals surface area contributed by atoms with E-state index < -0.39 is 6.04 Å². The van der Waals surface area contributed by atoms with E-state index in [-0.39, 0.29) is 22.2 Å². The summed E-state index contributed by atoms with van der Waals surface area (Å²) in [7, 11) is 3.09. The van der Waals surface area contributed by atoms with Gasteiger partial charge in [-0.1, -0.05) is 38.9 Å². The van der Waals surface area contributed by atoms with Gasteiger partial charge in [0, 0.05) is 28.7 Å². The number of fused-ring (bicyclic) bond motifs is 1. The lowest BCUT2D eigenvalue weighted by atomic mass is 9.93. The number of amides is 1. The molecule has 0 spiro atoms. The third kappa shape index (κ3) is 5.00. The highest BCUT2D eigenvalue weighted by Gasteiger charge is 2.36. The van der Waals surface area contributed by atoms with Crippen LogP contribution in [-0.2, 0) is 4.79 Å². The van der Waals surface area contributed by atoms with Crippen LogP contribution < -0.4 is 24.4 Å². The van der Waals surface area contributed by atoms with Crippen molar-refractivity contribution in [2.45, 2.75) is 26.8 Å². The standard InChI is InChI=1S/C27H27BrClN3O5S/c1-6-31(7-2)26(35)22-14(3)30-27-32(23(22)18-13-17(36-4)8-9-20(18)37-5)25(34)21(38-27)11-15-10-16(28)12-19(29)24(15)33/h8-13,23,33H,6-7H2,1-5H3/b21-11+/t23-/m1/s1. The van der Waals surface area contributed by atoms with Gasteiger partial charge in [-0.25, -0.2) is 4.99 Å². The second-order valence-electron chi connectivity index (χ2n) is 8.49. The molecule has 8 nitrogen and oxygen atoms in total. The van der Waals surface area contributed by atoms with Gasteiger partial charge >= 0.3 is 0 Å². The molecule has 0 fully saturated rings. The first-order valence-corrected chi connectivity index (χ1v) is 13.9. The van der Waals surface area contributed by atoms with E-state index in [1.807, 2.05) is 13.8 Å². The minimum atomic E-state index is -0.814. The molecule has 1 aromatic heterocycles. The van der Waals surface area contributed by atoms with Crippen molar-refractivity contribution in [3.63, 3.8) is 0 Å². The SMILES string of the molecule is CCN(CC)C(=O)C1=C(C)N=c2s/c(=C/c3cc(Br)cc(Cl)c3O)c(=O)n2[C@@H]1c1cc(OC)ccc1OC. The first kappa shape index (κ1) is 27.9. The topological polar surface area (TPSA) is 93.4 Å². The van der Waals surface area contributed by atoms with Crippen molar-refractivity contribution in [2.24, 2.45) is 4.99 Å². The number of hydrogen-bond donors (Lipinski definition) is 1. The van der Waals surface area contributed by atoms with Gasteiger partial charge in [-0.15, -0.1) is 0 Å². The van der Waals surface area contributed by atoms with Crippen LogP contribution in [-0.4, -0.2) is 47.8 Å². The average molecular weight is 621 g/mol. The van der Waals surface area contributed by atoms with Crippen LogP contribution in [0.1, 0.15) is 37.9 Å². The van der Waals surface area contributed by atoms with E-state index in [0.717, 1.165) is 11.3 Å². The number of thiazole rings is 1. The highest BCUT2D eigenvalue weighted by molar-refractivity contribution is 9.10. The number of halogens is 2. The number of rotatable bonds is 7. The Kier molecular flexibility index (Phi) is 8.34. The molecule has 11 heteroatoms. The minimum absolute atomic E-state index is 0.139. The third-order valence-electron chi connectivity index (χ3n) is 6.38. The number of carbonyl (C=O) groups excluding carboxylic acids is 1. The Labute approximate surface area is 237 Å². The number of aromatic hydroxyl groups is 1. The zero-order chi connectivity index (χ0) is 27.7. The molecular weight excluding hydrogens is 594 g/mol. The normalized spacial score (nSPS) is 15.2. The lowest BCUT2D eigenvalue weighted by Crippen LogP contribution is -2.43. The highest BCUT2D eigenvalue weighted by atomic mass is 79.9. The Balaban J connectivity index is 2.05. The van der Waals surface area contributed by atoms with Crippen LogP contribution in [0.15, 0.2) is 55.9 Å². The molecule has 1 aliphatic heterocycles. The highest BCUT2D eigenvalue weighted by Crippen LogP contribution is 2.38. The summed E-state index contributed by atoms with van der Waals surface area (Å²) in [6.07, 6.45) is 1.57. The van der Waals surface area contributed by atoms with Gasteiger partial charge < -0.3 is 19.5 Å². The Hall–Kier alpha value is -3.08. The molecule has 1 N–H and O–H groups in total. The first-order valence-electron chi connectivity index (χ1n) is 11.9. The summed E-state index contributed by atoms with van der Waals surface area (Å²) < 4.78 is 13.6. The van der Waals surface area contributed by atoms with Crippen LogP contribution in [0.25, 0.3) is 6.08 Å². The van der Waals surface area contributed by atoms with Crippen LogP contribution in [0, 0.1) is 0 Å². The Morgan fingerprint density at radius 3 is 2.58 bits per heavy atom. The molecule has 1 amide bonds. The van der Waals surface area contributed by atoms with E-state index in [9.17, 15) is 14.7 Å². The number of allylic oxidation sites excluding steroid dienone is 1. The predicted octanol–water partition coefficient (Wildman–Crippen LogP) is 4.24. The van der Waals surface area contributed by atoms with Crippen molar-refractivity contribution in [1.29, 1.82) is 0 Å². The maximum atomic E-state index is 14.0. The summed E-state index contributed by atoms with van der Waals surface area (Å²) in [5.41, 5.74) is 1.50. The van der Waals surface area contributed by atoms with Gasteiger partial charge in [-0.3, -0.25) is 14.2 Å². The number of carbonyl (C=O) groups is 1. The van der Waals surface area contributed by atoms with Crippen LogP contribution in [0.2, 0.25) is 5.02 Å². The molecule has 0 unspecified atom stereocenters. The number of aromatic nitrogens is 1. The largest absolute Gasteiger partial charge is 0.506 e. The number of phenols is 1. The quantitative estimate of drug-likeness (QED) is 0.427. The van der Waals surface area contributed by atoms with E-state index in [1.54, 1.807) is 55.3 Å². The van der Waals surface area contributed by atoms with Crippen LogP contribution in [0.4, 0.5) is 0 Å². The molecule has 0 saturated carbocycles. The number of nitrogens with zero attached hydrogens (tertiary/aromatic N) is 3. The Morgan fingerprint density at radius 2 is 1.95 bits per heavy atom. The van der Waals surface area contributed by atoms with E-state index in [1.165, 1.54) is 11.7 Å². The monoisotopic (exact) mass is 619 g/mol. The zero-order valence-electron chi connectivity index (χ0n) is 21.5. The molecule has 2 heterocycles. The number of likely N-dealkylation sites (N-methyl/N-ethyl adjacent to an activating group) is 1. The molecule has 4 rings (SSSR count). The lowest BCUT2D eigenvalue weighted by molar-refractivity contribution is -0.127. The number of phenolic OH excluding ortho intramolecular Hbond substituents is 1. The molecule has 2 aromatic carbocycles. The van der Waals surface area contributed by atoms with Crippen molar-refractivity contribution >= 4 is 50.9 Å². The number of hydrogen-bond acceptors (Lipinski definition) is 7. The molecule has 1 atom stereocenters. The summed E-state index contributed by atoms with van der Waals surface area (Å²) in [6.45, 7) is 6.59. The summed E-state index contributed by atoms with van der Waals surface area (Å²) in [5, 5.41) is 10.7. The number of benzene rings is 2. The van der Waals surface area contributed by atoms with Crippen molar-refractivity contribution in [1.82, 2.24) is 9.47 Å². The van der Waals surface area contributed by atoms with E-state index in [2.05, 4.69) is 20.9 Å². The molecular formula is C27H27BrClN3O5S. The number of ether oxygens (including phenoxy) is 2. The lowest BCUT2D eigenvalue weighted by Gasteiger charge is -2.30. The van der Waals surface area contributed by atoms with Gasteiger partial charge in [0.25, 0.3) is 11.5 Å². The molecule has 0 bridgehead atoms. The van der Waals surface area contributed by atoms with Crippen LogP contribution in [0.5, 0.6) is 17.2 Å². The molecule has 3 aromatic rings. The van der Waals surface area contributed by atoms with E-state index in [0.29, 0.717) is 60.8 Å². The molecule has 1 aliphatic rings. The Morgan fingerprint density at radius 1 is 1.24 bits per heavy atom. The molecule has 38 heavy (non-hydrogen) atoms. The minimum Gasteiger partial charge on any atom is -0.506 e. The zero-order valence-corrected chi connectivity index (χ0v) is 24.7. The summed E-state index contributed by atoms with van der Waals surface area (Å²) >= 11 is 10.7. The van der Waals surface area contributed by atoms with Gasteiger partial charge in [0.1, 0.15) is 23.3 Å². The van der Waals surface area contributed by atoms with Gasteiger partial charge in [0.2, 0.25) is 0 Å². The summed E-state index contributed by atoms with van der Waals surface area (Å²) in [5.74, 6) is 0.708. The van der Waals surface area contributed by atoms with Crippen molar-refractivity contribution < 1.29 is 19.4 Å². The van der Waals surface area contributed by atoms with Crippen molar-refractivity contribution in [3.05, 3.63) is 81.9 Å². The van der Waals surface area contributed by atoms with Gasteiger partial charge in [-0.2, -0.15) is 0 Å². The molecule has 0 radical (unpaired) electrons. The average Bonchev–Trinajstić information content (AvgIpc) is 3.20. The fourth-order valence-electron chi connectivity index (χ4n) is 4.46. The second kappa shape index (κ2) is 11.3. The molecule has 0 aliphatic carbocycles. The Bertz CT molecular complexity index is 1620. The molecule has 200 valence electrons. The maximum Gasteiger partial charge on any atom is 0.271 e. The van der Waals surface area contributed by atoms with Crippen LogP contribution in [0.3, 0.4) is 0 Å². The smallest absolute Gasteiger partial charge is 0.271 e. The number of methoxy groups -OCH3 is 2. The van der Waals surface area contributed by atoms with Crippen molar-refractivity contribution in [3.8, 4) is 17.2 Å². The maximum absolute atomic E-state index is 14.0. The van der Waals surface area contributed by atoms with E-state index in [4.69, 9.17) is 21.1 Å². The summed E-state index contributed by atoms with van der Waals surface area (Å²) in [6, 6.07) is 7.71. The fraction of sp³-hybridized carbons (Fsp3) is 0.296. The first-order chi connectivity index (χ1) is 18.1. The third-order valence-corrected chi connectivity index (χ3v) is 8.11. The summed E-state index contributed by atoms with van der Waals surface area (Å²) in [4.78, 5) is 34.6. The predicted molar refractivity (Wildman–Crippen MR) is 152 cm³/mol. The molecule has 0 saturated heterocycles. The van der Waals surface area contributed by atoms with Gasteiger partial charge in [0.15, 0.2) is 4.80 Å². The van der Waals surface area contributed by atoms with Crippen LogP contribution >= 0.6 is 38.9 Å². The van der Waals surface area contributed by atoms with Crippen molar-refractivity contribution in [2.75, 3.05) is 27.3 Å². The van der Waals surface area contributed by atoms with Gasteiger partial charge in [-0.05, 0) is 57.2 Å². The fourth-order valence-corrected chi connectivity index (χ4v) is 6.33. The van der Waals surface area contributed by atoms with Gasteiger partial charge in [0.05, 0.1) is 35.0 Å². The second-order valence-corrected chi connectivity index (χ2v) is 10.8.